The highest BCUT2D eigenvalue weighted by Crippen LogP contribution is 2.26. The molecular weight excluding hydrogens is 464 g/mol. The minimum Gasteiger partial charge on any atom is -0.478 e. The fraction of sp³-hybridized carbons (Fsp3) is 0. The van der Waals surface area contributed by atoms with Gasteiger partial charge in [0.1, 0.15) is 0 Å². The summed E-state index contributed by atoms with van der Waals surface area (Å²) in [6, 6.07) is 14.6. The van der Waals surface area contributed by atoms with Crippen molar-refractivity contribution in [2.75, 3.05) is 0 Å². The summed E-state index contributed by atoms with van der Waals surface area (Å²) in [5.74, 6) is 0.312. The molecule has 36 heavy (non-hydrogen) atoms. The molecule has 0 aromatic heterocycles. The smallest absolute Gasteiger partial charge is 0.336 e. The number of hydrogen-bond donors (Lipinski definition) is 4. The van der Waals surface area contributed by atoms with Crippen LogP contribution >= 0.6 is 0 Å². The molecule has 0 bridgehead atoms. The van der Waals surface area contributed by atoms with Crippen LogP contribution in [0.4, 0.5) is 0 Å². The van der Waals surface area contributed by atoms with E-state index in [4.69, 9.17) is 33.3 Å². The molecule has 0 saturated heterocycles. The predicted molar refractivity (Wildman–Crippen MR) is 132 cm³/mol. The molecule has 0 aliphatic carbocycles. The number of carbonyl (C=O) groups is 4. The highest BCUT2D eigenvalue weighted by molar-refractivity contribution is 6.12. The minimum atomic E-state index is -1.14. The fourth-order valence-electron chi connectivity index (χ4n) is 3.69. The Bertz CT molecular complexity index is 1670. The van der Waals surface area contributed by atoms with Gasteiger partial charge in [-0.15, -0.1) is 12.8 Å². The van der Waals surface area contributed by atoms with E-state index in [-0.39, 0.29) is 33.2 Å². The second-order valence-corrected chi connectivity index (χ2v) is 7.32. The lowest BCUT2D eigenvalue weighted by Gasteiger charge is -2.07. The average Bonchev–Trinajstić information content (AvgIpc) is 2.86. The SMILES string of the molecule is C#Cc1c(C(=O)O)ccc2cc(C(=O)O)ccc12.C#Cc1ccc(C(=O)O)c2cccc(C(=O)O)c12. The van der Waals surface area contributed by atoms with E-state index in [1.165, 1.54) is 48.5 Å². The highest BCUT2D eigenvalue weighted by atomic mass is 16.4. The van der Waals surface area contributed by atoms with E-state index in [9.17, 15) is 19.2 Å². The molecule has 0 atom stereocenters. The second-order valence-electron chi connectivity index (χ2n) is 7.32. The highest BCUT2D eigenvalue weighted by Gasteiger charge is 2.16. The van der Waals surface area contributed by atoms with E-state index in [0.717, 1.165) is 0 Å². The van der Waals surface area contributed by atoms with Gasteiger partial charge in [0.05, 0.1) is 22.3 Å². The molecule has 176 valence electrons. The van der Waals surface area contributed by atoms with Crippen molar-refractivity contribution in [2.24, 2.45) is 0 Å². The Morgan fingerprint density at radius 2 is 1.25 bits per heavy atom. The van der Waals surface area contributed by atoms with E-state index in [1.54, 1.807) is 12.1 Å². The fourth-order valence-corrected chi connectivity index (χ4v) is 3.69. The van der Waals surface area contributed by atoms with Crippen LogP contribution in [0.2, 0.25) is 0 Å². The molecule has 4 N–H and O–H groups in total. The van der Waals surface area contributed by atoms with Crippen LogP contribution in [-0.2, 0) is 0 Å². The van der Waals surface area contributed by atoms with Crippen LogP contribution in [0.5, 0.6) is 0 Å². The standard InChI is InChI=1S/2C14H8O4/c1-2-10-11-5-4-9(13(15)16)7-8(11)3-6-12(10)14(17)18;1-2-8-6-7-10(13(15)16)9-4-3-5-11(12(8)9)14(17)18/h2*1,3-7H,(H,15,16)(H,17,18). The van der Waals surface area contributed by atoms with Crippen molar-refractivity contribution in [3.63, 3.8) is 0 Å². The Labute approximate surface area is 204 Å². The van der Waals surface area contributed by atoms with Crippen LogP contribution in [0.25, 0.3) is 21.5 Å². The van der Waals surface area contributed by atoms with Gasteiger partial charge in [-0.1, -0.05) is 36.1 Å². The zero-order valence-corrected chi connectivity index (χ0v) is 18.4. The topological polar surface area (TPSA) is 149 Å². The summed E-state index contributed by atoms with van der Waals surface area (Å²) in [6.45, 7) is 0. The van der Waals surface area contributed by atoms with E-state index in [1.807, 2.05) is 0 Å². The van der Waals surface area contributed by atoms with Crippen LogP contribution in [0, 0.1) is 24.7 Å². The Hall–Kier alpha value is -5.60. The van der Waals surface area contributed by atoms with Gasteiger partial charge in [-0.3, -0.25) is 0 Å². The molecule has 4 aromatic carbocycles. The zero-order valence-electron chi connectivity index (χ0n) is 18.4. The molecular formula is C28H16O8. The van der Waals surface area contributed by atoms with Gasteiger partial charge in [0.25, 0.3) is 0 Å². The first-order valence-corrected chi connectivity index (χ1v) is 10.1. The van der Waals surface area contributed by atoms with Crippen LogP contribution in [0.3, 0.4) is 0 Å². The number of aromatic carboxylic acids is 4. The van der Waals surface area contributed by atoms with Gasteiger partial charge in [0.15, 0.2) is 0 Å². The quantitative estimate of drug-likeness (QED) is 0.313. The monoisotopic (exact) mass is 480 g/mol. The molecule has 8 heteroatoms. The Kier molecular flexibility index (Phi) is 7.04. The maximum absolute atomic E-state index is 11.1. The minimum absolute atomic E-state index is 0.00329. The average molecular weight is 480 g/mol. The number of terminal acetylenes is 2. The van der Waals surface area contributed by atoms with Crippen molar-refractivity contribution in [1.29, 1.82) is 0 Å². The third kappa shape index (κ3) is 4.69. The molecule has 8 nitrogen and oxygen atoms in total. The molecule has 4 rings (SSSR count). The summed E-state index contributed by atoms with van der Waals surface area (Å²) >= 11 is 0. The Morgan fingerprint density at radius 1 is 0.611 bits per heavy atom. The van der Waals surface area contributed by atoms with Gasteiger partial charge < -0.3 is 20.4 Å². The summed E-state index contributed by atoms with van der Waals surface area (Å²) in [7, 11) is 0. The number of carboxylic acid groups (broad SMARTS) is 4. The summed E-state index contributed by atoms with van der Waals surface area (Å²) in [4.78, 5) is 44.1. The summed E-state index contributed by atoms with van der Waals surface area (Å²) in [5.41, 5.74) is 0.835. The van der Waals surface area contributed by atoms with Crippen molar-refractivity contribution in [3.8, 4) is 24.7 Å². The summed E-state index contributed by atoms with van der Waals surface area (Å²) < 4.78 is 0. The number of carboxylic acids is 4. The lowest BCUT2D eigenvalue weighted by molar-refractivity contribution is 0.0685. The first-order valence-electron chi connectivity index (χ1n) is 10.1. The van der Waals surface area contributed by atoms with Crippen molar-refractivity contribution < 1.29 is 39.6 Å². The first kappa shape index (κ1) is 25.0. The van der Waals surface area contributed by atoms with E-state index >= 15 is 0 Å². The van der Waals surface area contributed by atoms with Crippen molar-refractivity contribution >= 4 is 45.4 Å². The molecule has 0 aliphatic heterocycles. The summed E-state index contributed by atoms with van der Waals surface area (Å²) in [6.07, 6.45) is 10.6. The molecule has 4 aromatic rings. The van der Waals surface area contributed by atoms with Gasteiger partial charge in [-0.2, -0.15) is 0 Å². The molecule has 0 radical (unpaired) electrons. The van der Waals surface area contributed by atoms with Gasteiger partial charge in [-0.25, -0.2) is 19.2 Å². The van der Waals surface area contributed by atoms with Crippen molar-refractivity contribution in [2.45, 2.75) is 0 Å². The van der Waals surface area contributed by atoms with Crippen LogP contribution < -0.4 is 0 Å². The predicted octanol–water partition coefficient (Wildman–Crippen LogP) is 4.44. The lowest BCUT2D eigenvalue weighted by Crippen LogP contribution is -2.03. The second kappa shape index (κ2) is 10.1. The number of benzene rings is 4. The number of fused-ring (bicyclic) bond motifs is 2. The zero-order chi connectivity index (χ0) is 26.6. The number of hydrogen-bond acceptors (Lipinski definition) is 4. The Balaban J connectivity index is 0.000000201. The van der Waals surface area contributed by atoms with Crippen molar-refractivity contribution in [1.82, 2.24) is 0 Å². The maximum atomic E-state index is 11.1. The van der Waals surface area contributed by atoms with Gasteiger partial charge in [-0.05, 0) is 52.6 Å². The largest absolute Gasteiger partial charge is 0.478 e. The van der Waals surface area contributed by atoms with E-state index < -0.39 is 23.9 Å². The first-order chi connectivity index (χ1) is 17.1. The Morgan fingerprint density at radius 3 is 1.81 bits per heavy atom. The third-order valence-corrected chi connectivity index (χ3v) is 5.30. The molecule has 0 spiro atoms. The molecule has 0 saturated carbocycles. The van der Waals surface area contributed by atoms with Gasteiger partial charge in [0.2, 0.25) is 0 Å². The van der Waals surface area contributed by atoms with E-state index in [0.29, 0.717) is 21.7 Å². The maximum Gasteiger partial charge on any atom is 0.336 e. The lowest BCUT2D eigenvalue weighted by atomic mass is 9.95. The van der Waals surface area contributed by atoms with Crippen molar-refractivity contribution in [3.05, 3.63) is 94.0 Å². The van der Waals surface area contributed by atoms with Crippen LogP contribution in [0.15, 0.2) is 60.7 Å². The van der Waals surface area contributed by atoms with Crippen LogP contribution in [0.1, 0.15) is 52.6 Å². The molecule has 0 amide bonds. The molecule has 0 fully saturated rings. The summed E-state index contributed by atoms with van der Waals surface area (Å²) in [5, 5.41) is 37.9. The third-order valence-electron chi connectivity index (χ3n) is 5.30. The molecule has 0 unspecified atom stereocenters. The van der Waals surface area contributed by atoms with Gasteiger partial charge in [0, 0.05) is 16.5 Å². The van der Waals surface area contributed by atoms with Crippen LogP contribution in [-0.4, -0.2) is 44.3 Å². The molecule has 0 heterocycles. The molecule has 0 aliphatic rings. The van der Waals surface area contributed by atoms with Gasteiger partial charge >= 0.3 is 23.9 Å². The van der Waals surface area contributed by atoms with E-state index in [2.05, 4.69) is 11.8 Å². The number of rotatable bonds is 4. The normalized spacial score (nSPS) is 9.94.